The van der Waals surface area contributed by atoms with Crippen LogP contribution in [0.25, 0.3) is 11.1 Å². The average molecular weight is 491 g/mol. The molecule has 0 fully saturated rings. The summed E-state index contributed by atoms with van der Waals surface area (Å²) in [6.45, 7) is 5.26. The molecule has 4 rings (SSSR count). The van der Waals surface area contributed by atoms with Crippen LogP contribution in [0.4, 0.5) is 0 Å². The Morgan fingerprint density at radius 1 is 0.714 bits per heavy atom. The maximum atomic E-state index is 6.23. The molecule has 0 aliphatic rings. The van der Waals surface area contributed by atoms with Gasteiger partial charge in [0.15, 0.2) is 0 Å². The topological polar surface area (TPSA) is 66.6 Å². The quantitative estimate of drug-likeness (QED) is 0.272. The molecule has 0 radical (unpaired) electrons. The molecular weight excluding hydrogens is 460 g/mol. The summed E-state index contributed by atoms with van der Waals surface area (Å²) >= 11 is 0. The molecule has 0 bridgehead atoms. The van der Waals surface area contributed by atoms with E-state index in [1.54, 1.807) is 0 Å². The van der Waals surface area contributed by atoms with Crippen molar-refractivity contribution in [3.63, 3.8) is 0 Å². The maximum Gasteiger partial charge on any atom is 0.225 e. The second-order valence-corrected chi connectivity index (χ2v) is 8.25. The summed E-state index contributed by atoms with van der Waals surface area (Å²) < 4.78 is 18.3. The molecule has 5 nitrogen and oxygen atoms in total. The van der Waals surface area contributed by atoms with Gasteiger partial charge in [0, 0.05) is 23.7 Å². The number of hydrogen-bond acceptors (Lipinski definition) is 5. The van der Waals surface area contributed by atoms with Gasteiger partial charge >= 0.3 is 0 Å². The number of rotatable bonds is 10. The van der Waals surface area contributed by atoms with Crippen LogP contribution in [-0.4, -0.2) is 11.1 Å². The van der Waals surface area contributed by atoms with E-state index in [0.717, 1.165) is 33.6 Å². The summed E-state index contributed by atoms with van der Waals surface area (Å²) in [5, 5.41) is 0. The van der Waals surface area contributed by atoms with Gasteiger partial charge in [-0.3, -0.25) is 0 Å². The van der Waals surface area contributed by atoms with Crippen molar-refractivity contribution in [2.45, 2.75) is 39.7 Å². The van der Waals surface area contributed by atoms with Crippen LogP contribution in [0.15, 0.2) is 91.0 Å². The Balaban J connectivity index is 0.00000342. The molecule has 0 amide bonds. The smallest absolute Gasteiger partial charge is 0.225 e. The third-order valence-electron chi connectivity index (χ3n) is 5.22. The van der Waals surface area contributed by atoms with Crippen LogP contribution in [0, 0.1) is 0 Å². The van der Waals surface area contributed by atoms with Gasteiger partial charge in [0.1, 0.15) is 19.0 Å². The first kappa shape index (κ1) is 26.1. The molecule has 6 heteroatoms. The van der Waals surface area contributed by atoms with Gasteiger partial charge in [0.2, 0.25) is 11.8 Å². The van der Waals surface area contributed by atoms with Crippen molar-refractivity contribution in [1.82, 2.24) is 4.98 Å². The van der Waals surface area contributed by atoms with Crippen LogP contribution < -0.4 is 19.9 Å². The molecule has 1 heterocycles. The zero-order valence-electron chi connectivity index (χ0n) is 20.0. The molecule has 3 aromatic carbocycles. The lowest BCUT2D eigenvalue weighted by Crippen LogP contribution is -2.08. The van der Waals surface area contributed by atoms with Crippen molar-refractivity contribution in [3.05, 3.63) is 108 Å². The molecule has 4 aromatic rings. The molecule has 182 valence electrons. The number of benzene rings is 3. The van der Waals surface area contributed by atoms with E-state index >= 15 is 0 Å². The van der Waals surface area contributed by atoms with Crippen LogP contribution in [0.3, 0.4) is 0 Å². The number of aromatic nitrogens is 1. The van der Waals surface area contributed by atoms with Crippen molar-refractivity contribution >= 4 is 12.4 Å². The number of ether oxygens (including phenoxy) is 3. The van der Waals surface area contributed by atoms with Gasteiger partial charge in [-0.1, -0.05) is 66.7 Å². The van der Waals surface area contributed by atoms with Crippen molar-refractivity contribution in [3.8, 4) is 28.6 Å². The molecule has 0 spiro atoms. The minimum absolute atomic E-state index is 0. The van der Waals surface area contributed by atoms with Crippen LogP contribution in [0.2, 0.25) is 0 Å². The van der Waals surface area contributed by atoms with Crippen LogP contribution in [0.1, 0.15) is 30.5 Å². The van der Waals surface area contributed by atoms with Crippen LogP contribution in [-0.2, 0) is 19.8 Å². The molecule has 0 saturated carbocycles. The third-order valence-corrected chi connectivity index (χ3v) is 5.22. The summed E-state index contributed by atoms with van der Waals surface area (Å²) in [5.74, 6) is 1.74. The SMILES string of the molecule is CC(C)Oc1ccc(CN)cc1-c1ccc(OCc2ccccc2)nc1OCc1ccccc1.Cl. The van der Waals surface area contributed by atoms with Gasteiger partial charge in [0.05, 0.1) is 6.10 Å². The molecule has 35 heavy (non-hydrogen) atoms. The lowest BCUT2D eigenvalue weighted by molar-refractivity contribution is 0.243. The zero-order valence-corrected chi connectivity index (χ0v) is 20.8. The van der Waals surface area contributed by atoms with Crippen molar-refractivity contribution in [2.75, 3.05) is 0 Å². The van der Waals surface area contributed by atoms with Crippen LogP contribution in [0.5, 0.6) is 17.5 Å². The zero-order chi connectivity index (χ0) is 23.8. The summed E-state index contributed by atoms with van der Waals surface area (Å²) in [7, 11) is 0. The monoisotopic (exact) mass is 490 g/mol. The molecule has 0 aliphatic carbocycles. The average Bonchev–Trinajstić information content (AvgIpc) is 2.87. The van der Waals surface area contributed by atoms with E-state index in [1.165, 1.54) is 0 Å². The number of halogens is 1. The lowest BCUT2D eigenvalue weighted by Gasteiger charge is -2.18. The van der Waals surface area contributed by atoms with E-state index in [2.05, 4.69) is 0 Å². The van der Waals surface area contributed by atoms with Gasteiger partial charge in [-0.2, -0.15) is 4.98 Å². The fourth-order valence-corrected chi connectivity index (χ4v) is 3.55. The minimum atomic E-state index is 0. The maximum absolute atomic E-state index is 6.23. The van der Waals surface area contributed by atoms with E-state index in [4.69, 9.17) is 24.9 Å². The Bertz CT molecular complexity index is 1200. The fraction of sp³-hybridized carbons (Fsp3) is 0.207. The van der Waals surface area contributed by atoms with E-state index in [9.17, 15) is 0 Å². The van der Waals surface area contributed by atoms with Gasteiger partial charge < -0.3 is 19.9 Å². The van der Waals surface area contributed by atoms with E-state index in [-0.39, 0.29) is 18.5 Å². The molecular formula is C29H31ClN2O3. The number of hydrogen-bond donors (Lipinski definition) is 1. The largest absolute Gasteiger partial charge is 0.490 e. The van der Waals surface area contributed by atoms with Crippen molar-refractivity contribution < 1.29 is 14.2 Å². The first-order chi connectivity index (χ1) is 16.6. The van der Waals surface area contributed by atoms with Gasteiger partial charge in [-0.25, -0.2) is 0 Å². The molecule has 2 N–H and O–H groups in total. The second kappa shape index (κ2) is 12.8. The normalized spacial score (nSPS) is 10.5. The first-order valence-electron chi connectivity index (χ1n) is 11.5. The Kier molecular flexibility index (Phi) is 9.53. The third kappa shape index (κ3) is 7.22. The Labute approximate surface area is 213 Å². The Morgan fingerprint density at radius 3 is 1.94 bits per heavy atom. The van der Waals surface area contributed by atoms with Crippen LogP contribution >= 0.6 is 12.4 Å². The van der Waals surface area contributed by atoms with Gasteiger partial charge in [-0.15, -0.1) is 12.4 Å². The van der Waals surface area contributed by atoms with Crippen molar-refractivity contribution in [2.24, 2.45) is 5.73 Å². The van der Waals surface area contributed by atoms with E-state index in [0.29, 0.717) is 31.5 Å². The highest BCUT2D eigenvalue weighted by Crippen LogP contribution is 2.38. The highest BCUT2D eigenvalue weighted by Gasteiger charge is 2.17. The molecule has 0 aliphatic heterocycles. The Morgan fingerprint density at radius 2 is 1.34 bits per heavy atom. The summed E-state index contributed by atoms with van der Waals surface area (Å²) in [5.41, 5.74) is 10.8. The predicted molar refractivity (Wildman–Crippen MR) is 142 cm³/mol. The fourth-order valence-electron chi connectivity index (χ4n) is 3.55. The number of nitrogens with two attached hydrogens (primary N) is 1. The minimum Gasteiger partial charge on any atom is -0.490 e. The Hall–Kier alpha value is -3.54. The summed E-state index contributed by atoms with van der Waals surface area (Å²) in [6.07, 6.45) is 0.0256. The first-order valence-corrected chi connectivity index (χ1v) is 11.5. The molecule has 0 saturated heterocycles. The van der Waals surface area contributed by atoms with E-state index < -0.39 is 0 Å². The predicted octanol–water partition coefficient (Wildman–Crippen LogP) is 6.57. The standard InChI is InChI=1S/C29H30N2O3.ClH/c1-21(2)34-27-15-13-24(18-30)17-26(27)25-14-16-28(32-19-22-9-5-3-6-10-22)31-29(25)33-20-23-11-7-4-8-12-23;/h3-17,21H,18-20,30H2,1-2H3;1H. The number of nitrogens with zero attached hydrogens (tertiary/aromatic N) is 1. The molecule has 1 aromatic heterocycles. The number of pyridine rings is 1. The summed E-state index contributed by atoms with van der Waals surface area (Å²) in [6, 6.07) is 29.8. The summed E-state index contributed by atoms with van der Waals surface area (Å²) in [4.78, 5) is 4.72. The highest BCUT2D eigenvalue weighted by atomic mass is 35.5. The van der Waals surface area contributed by atoms with Gasteiger partial charge in [0.25, 0.3) is 0 Å². The second-order valence-electron chi connectivity index (χ2n) is 8.25. The molecule has 0 atom stereocenters. The molecule has 0 unspecified atom stereocenters. The highest BCUT2D eigenvalue weighted by molar-refractivity contribution is 5.85. The van der Waals surface area contributed by atoms with Crippen molar-refractivity contribution in [1.29, 1.82) is 0 Å². The van der Waals surface area contributed by atoms with Gasteiger partial charge in [-0.05, 0) is 48.7 Å². The lowest BCUT2D eigenvalue weighted by atomic mass is 10.0. The van der Waals surface area contributed by atoms with E-state index in [1.807, 2.05) is 105 Å².